The standard InChI is InChI=1S/C12H24O3S/c1-4-5-6-7-8-10-16(3,14)11-9-15-12(2)13/h3-11H2,1-2H3. The van der Waals surface area contributed by atoms with Crippen molar-refractivity contribution in [3.63, 3.8) is 0 Å². The van der Waals surface area contributed by atoms with Crippen LogP contribution in [-0.4, -0.2) is 34.2 Å². The van der Waals surface area contributed by atoms with Crippen LogP contribution in [0.2, 0.25) is 0 Å². The largest absolute Gasteiger partial charge is 0.465 e. The van der Waals surface area contributed by atoms with E-state index in [2.05, 4.69) is 12.8 Å². The zero-order valence-electron chi connectivity index (χ0n) is 10.5. The Morgan fingerprint density at radius 2 is 1.81 bits per heavy atom. The summed E-state index contributed by atoms with van der Waals surface area (Å²) in [7, 11) is -2.04. The summed E-state index contributed by atoms with van der Waals surface area (Å²) < 4.78 is 16.7. The van der Waals surface area contributed by atoms with Crippen LogP contribution in [0.1, 0.15) is 46.0 Å². The SMILES string of the molecule is C=S(=O)(CCCCCCC)CCOC(C)=O. The summed E-state index contributed by atoms with van der Waals surface area (Å²) in [5.41, 5.74) is 0. The first-order chi connectivity index (χ1) is 7.48. The second-order valence-electron chi connectivity index (χ2n) is 4.13. The predicted octanol–water partition coefficient (Wildman–Crippen LogP) is 2.24. The van der Waals surface area contributed by atoms with E-state index in [4.69, 9.17) is 4.74 Å². The molecule has 0 N–H and O–H groups in total. The summed E-state index contributed by atoms with van der Waals surface area (Å²) in [6.07, 6.45) is 5.74. The van der Waals surface area contributed by atoms with Crippen molar-refractivity contribution in [3.05, 3.63) is 0 Å². The second-order valence-corrected chi connectivity index (χ2v) is 6.88. The Bertz CT molecular complexity index is 281. The van der Waals surface area contributed by atoms with E-state index in [1.165, 1.54) is 26.2 Å². The molecule has 0 aliphatic rings. The van der Waals surface area contributed by atoms with Crippen molar-refractivity contribution in [1.82, 2.24) is 0 Å². The highest BCUT2D eigenvalue weighted by Crippen LogP contribution is 2.05. The Labute approximate surface area is 99.6 Å². The van der Waals surface area contributed by atoms with E-state index in [-0.39, 0.29) is 12.6 Å². The van der Waals surface area contributed by atoms with Crippen LogP contribution in [-0.2, 0) is 19.1 Å². The van der Waals surface area contributed by atoms with Gasteiger partial charge < -0.3 is 4.74 Å². The Morgan fingerprint density at radius 3 is 2.38 bits per heavy atom. The smallest absolute Gasteiger partial charge is 0.302 e. The highest BCUT2D eigenvalue weighted by atomic mass is 32.2. The van der Waals surface area contributed by atoms with E-state index in [9.17, 15) is 9.00 Å². The molecule has 0 amide bonds. The van der Waals surface area contributed by atoms with Gasteiger partial charge in [0.1, 0.15) is 6.61 Å². The maximum atomic E-state index is 11.9. The van der Waals surface area contributed by atoms with Crippen molar-refractivity contribution in [2.24, 2.45) is 0 Å². The van der Waals surface area contributed by atoms with E-state index in [1.54, 1.807) is 0 Å². The van der Waals surface area contributed by atoms with Gasteiger partial charge in [-0.15, -0.1) is 0 Å². The fourth-order valence-electron chi connectivity index (χ4n) is 1.41. The van der Waals surface area contributed by atoms with E-state index >= 15 is 0 Å². The first-order valence-corrected chi connectivity index (χ1v) is 8.00. The topological polar surface area (TPSA) is 43.4 Å². The molecule has 0 bridgehead atoms. The van der Waals surface area contributed by atoms with Crippen LogP contribution in [0.4, 0.5) is 0 Å². The molecule has 0 spiro atoms. The number of unbranched alkanes of at least 4 members (excludes halogenated alkanes) is 4. The Kier molecular flexibility index (Phi) is 8.35. The molecular weight excluding hydrogens is 224 g/mol. The first-order valence-electron chi connectivity index (χ1n) is 5.94. The van der Waals surface area contributed by atoms with Crippen molar-refractivity contribution in [2.75, 3.05) is 18.1 Å². The average molecular weight is 248 g/mol. The van der Waals surface area contributed by atoms with Gasteiger partial charge in [-0.3, -0.25) is 9.00 Å². The van der Waals surface area contributed by atoms with Gasteiger partial charge >= 0.3 is 5.97 Å². The lowest BCUT2D eigenvalue weighted by Gasteiger charge is -2.08. The van der Waals surface area contributed by atoms with Gasteiger partial charge in [-0.2, -0.15) is 0 Å². The Morgan fingerprint density at radius 1 is 1.19 bits per heavy atom. The summed E-state index contributed by atoms with van der Waals surface area (Å²) >= 11 is 0. The lowest BCUT2D eigenvalue weighted by atomic mass is 10.2. The Hall–Kier alpha value is -0.510. The fraction of sp³-hybridized carbons (Fsp3) is 0.833. The van der Waals surface area contributed by atoms with Crippen LogP contribution >= 0.6 is 0 Å². The summed E-state index contributed by atoms with van der Waals surface area (Å²) in [6.45, 7) is 3.76. The lowest BCUT2D eigenvalue weighted by molar-refractivity contribution is -0.140. The van der Waals surface area contributed by atoms with Gasteiger partial charge in [-0.25, -0.2) is 0 Å². The van der Waals surface area contributed by atoms with Crippen LogP contribution in [0.25, 0.3) is 0 Å². The van der Waals surface area contributed by atoms with Crippen LogP contribution in [0.3, 0.4) is 0 Å². The van der Waals surface area contributed by atoms with Crippen molar-refractivity contribution in [3.8, 4) is 0 Å². The third kappa shape index (κ3) is 10.0. The summed E-state index contributed by atoms with van der Waals surface area (Å²) in [4.78, 5) is 10.5. The number of hydrogen-bond donors (Lipinski definition) is 0. The van der Waals surface area contributed by atoms with Crippen molar-refractivity contribution in [2.45, 2.75) is 46.0 Å². The maximum Gasteiger partial charge on any atom is 0.302 e. The molecule has 3 nitrogen and oxygen atoms in total. The number of rotatable bonds is 9. The highest BCUT2D eigenvalue weighted by molar-refractivity contribution is 8.00. The van der Waals surface area contributed by atoms with Crippen molar-refractivity contribution in [1.29, 1.82) is 0 Å². The second kappa shape index (κ2) is 8.62. The summed E-state index contributed by atoms with van der Waals surface area (Å²) in [5, 5.41) is 0. The summed E-state index contributed by atoms with van der Waals surface area (Å²) in [5.74, 6) is 4.44. The van der Waals surface area contributed by atoms with Gasteiger partial charge in [0.25, 0.3) is 0 Å². The number of hydrogen-bond acceptors (Lipinski definition) is 3. The van der Waals surface area contributed by atoms with Gasteiger partial charge in [-0.05, 0) is 21.8 Å². The van der Waals surface area contributed by atoms with Gasteiger partial charge in [0, 0.05) is 12.7 Å². The molecule has 1 atom stereocenters. The third-order valence-corrected chi connectivity index (χ3v) is 4.32. The van der Waals surface area contributed by atoms with Gasteiger partial charge in [0.2, 0.25) is 0 Å². The Balaban J connectivity index is 3.58. The molecule has 0 aromatic carbocycles. The molecule has 0 aliphatic carbocycles. The monoisotopic (exact) mass is 248 g/mol. The molecule has 0 aromatic rings. The van der Waals surface area contributed by atoms with Crippen LogP contribution in [0.15, 0.2) is 0 Å². The van der Waals surface area contributed by atoms with Crippen LogP contribution < -0.4 is 0 Å². The van der Waals surface area contributed by atoms with E-state index in [0.717, 1.165) is 12.8 Å². The molecule has 0 rings (SSSR count). The van der Waals surface area contributed by atoms with E-state index in [0.29, 0.717) is 11.5 Å². The number of ether oxygens (including phenoxy) is 1. The molecule has 1 unspecified atom stereocenters. The molecule has 0 radical (unpaired) electrons. The van der Waals surface area contributed by atoms with Crippen molar-refractivity contribution >= 4 is 21.4 Å². The molecule has 0 aliphatic heterocycles. The molecule has 0 saturated carbocycles. The number of carbonyl (C=O) groups excluding carboxylic acids is 1. The van der Waals surface area contributed by atoms with Gasteiger partial charge in [0.05, 0.1) is 5.75 Å². The highest BCUT2D eigenvalue weighted by Gasteiger charge is 2.05. The predicted molar refractivity (Wildman–Crippen MR) is 70.4 cm³/mol. The first kappa shape index (κ1) is 15.5. The zero-order valence-corrected chi connectivity index (χ0v) is 11.3. The molecule has 96 valence electrons. The van der Waals surface area contributed by atoms with Gasteiger partial charge in [-0.1, -0.05) is 32.6 Å². The molecule has 0 heterocycles. The fourth-order valence-corrected chi connectivity index (χ4v) is 2.73. The lowest BCUT2D eigenvalue weighted by Crippen LogP contribution is -2.16. The molecule has 0 aromatic heterocycles. The minimum atomic E-state index is -2.04. The minimum absolute atomic E-state index is 0.229. The zero-order chi connectivity index (χ0) is 12.4. The molecular formula is C12H24O3S. The number of esters is 1. The van der Waals surface area contributed by atoms with Crippen LogP contribution in [0, 0.1) is 0 Å². The summed E-state index contributed by atoms with van der Waals surface area (Å²) in [6, 6.07) is 0. The number of carbonyl (C=O) groups is 1. The van der Waals surface area contributed by atoms with E-state index < -0.39 is 9.52 Å². The van der Waals surface area contributed by atoms with E-state index in [1.807, 2.05) is 0 Å². The third-order valence-electron chi connectivity index (χ3n) is 2.38. The average Bonchev–Trinajstić information content (AvgIpc) is 2.16. The molecule has 0 saturated heterocycles. The van der Waals surface area contributed by atoms with Gasteiger partial charge in [0.15, 0.2) is 0 Å². The quantitative estimate of drug-likeness (QED) is 0.357. The minimum Gasteiger partial charge on any atom is -0.465 e. The molecule has 4 heteroatoms. The maximum absolute atomic E-state index is 11.9. The van der Waals surface area contributed by atoms with Crippen molar-refractivity contribution < 1.29 is 13.7 Å². The molecule has 16 heavy (non-hydrogen) atoms. The van der Waals surface area contributed by atoms with Crippen LogP contribution in [0.5, 0.6) is 0 Å². The molecule has 0 fully saturated rings. The normalized spacial score (nSPS) is 14.4.